The molecule has 4 aliphatic heterocycles. The number of benzene rings is 3. The Hall–Kier alpha value is -5.22. The minimum Gasteiger partial charge on any atom is -0.489 e. The molecule has 0 amide bonds. The standard InChI is InChI=1S/C38H39ClFN9O5/c1-19-25(40)13-27-24(15-44-47-27)30(19)31-33(39)35-32-34(36(31)52-17-20-2-4-21(5-3-20)26(41)16-48(42)8-9-50)45-38(54-23-6-10-51-11-7-23)46-37(32)49-22-12-28(43-14-22)29(49)18-53-35/h2-5,9,13,15-16,22-23,28-29,43H,6-8,10-12,14,17-18,41-42H2,1H3,(H,44,47)/b26-16-. The van der Waals surface area contributed by atoms with Gasteiger partial charge in [0.25, 0.3) is 0 Å². The van der Waals surface area contributed by atoms with E-state index in [0.29, 0.717) is 106 Å². The third-order valence-electron chi connectivity index (χ3n) is 10.9. The number of rotatable bonds is 10. The number of hydrogen-bond acceptors (Lipinski definition) is 13. The predicted octanol–water partition coefficient (Wildman–Crippen LogP) is 4.35. The molecule has 3 unspecified atom stereocenters. The number of H-pyrrole nitrogens is 1. The highest BCUT2D eigenvalue weighted by molar-refractivity contribution is 6.38. The summed E-state index contributed by atoms with van der Waals surface area (Å²) in [4.78, 5) is 23.3. The van der Waals surface area contributed by atoms with Gasteiger partial charge in [-0.2, -0.15) is 15.1 Å². The summed E-state index contributed by atoms with van der Waals surface area (Å²) in [5.74, 6) is 6.81. The summed E-state index contributed by atoms with van der Waals surface area (Å²) in [6.45, 7) is 4.15. The van der Waals surface area contributed by atoms with Crippen LogP contribution >= 0.6 is 11.6 Å². The van der Waals surface area contributed by atoms with Gasteiger partial charge in [0, 0.05) is 54.2 Å². The maximum absolute atomic E-state index is 15.7. The molecule has 16 heteroatoms. The average Bonchev–Trinajstić information content (AvgIpc) is 3.90. The number of anilines is 1. The second kappa shape index (κ2) is 13.9. The number of carbonyl (C=O) groups excluding carboxylic acids is 1. The van der Waals surface area contributed by atoms with E-state index in [9.17, 15) is 4.79 Å². The Morgan fingerprint density at radius 2 is 2.02 bits per heavy atom. The van der Waals surface area contributed by atoms with Crippen molar-refractivity contribution in [2.24, 2.45) is 11.6 Å². The van der Waals surface area contributed by atoms with Crippen molar-refractivity contribution >= 4 is 51.2 Å². The van der Waals surface area contributed by atoms with Gasteiger partial charge in [-0.25, -0.2) is 10.2 Å². The van der Waals surface area contributed by atoms with Crippen LogP contribution in [0.15, 0.2) is 42.7 Å². The molecule has 3 aromatic carbocycles. The smallest absolute Gasteiger partial charge is 0.319 e. The molecule has 3 atom stereocenters. The molecule has 5 aromatic rings. The van der Waals surface area contributed by atoms with E-state index >= 15 is 4.39 Å². The van der Waals surface area contributed by atoms with Crippen LogP contribution in [0.3, 0.4) is 0 Å². The van der Waals surface area contributed by atoms with E-state index in [1.54, 1.807) is 13.1 Å². The number of carbonyl (C=O) groups is 1. The number of nitrogens with one attached hydrogen (secondary N) is 2. The van der Waals surface area contributed by atoms with Gasteiger partial charge in [-0.3, -0.25) is 5.10 Å². The Balaban J connectivity index is 1.23. The minimum atomic E-state index is -0.434. The number of aromatic amines is 1. The van der Waals surface area contributed by atoms with Gasteiger partial charge < -0.3 is 44.7 Å². The first kappa shape index (κ1) is 34.5. The van der Waals surface area contributed by atoms with E-state index in [1.807, 2.05) is 24.3 Å². The number of nitrogens with two attached hydrogens (primary N) is 2. The van der Waals surface area contributed by atoms with Gasteiger partial charge in [-0.15, -0.1) is 0 Å². The van der Waals surface area contributed by atoms with Crippen LogP contribution in [-0.4, -0.2) is 88.6 Å². The van der Waals surface area contributed by atoms with Crippen molar-refractivity contribution in [2.75, 3.05) is 37.8 Å². The maximum atomic E-state index is 15.7. The normalized spacial score (nSPS) is 20.9. The molecule has 2 aromatic heterocycles. The fourth-order valence-corrected chi connectivity index (χ4v) is 8.49. The first-order valence-corrected chi connectivity index (χ1v) is 18.4. The van der Waals surface area contributed by atoms with E-state index in [2.05, 4.69) is 20.4 Å². The van der Waals surface area contributed by atoms with Crippen LogP contribution in [0.1, 0.15) is 36.0 Å². The van der Waals surface area contributed by atoms with E-state index in [-0.39, 0.29) is 48.4 Å². The van der Waals surface area contributed by atoms with Crippen molar-refractivity contribution in [3.8, 4) is 28.6 Å². The summed E-state index contributed by atoms with van der Waals surface area (Å²) in [6, 6.07) is 9.47. The summed E-state index contributed by atoms with van der Waals surface area (Å²) in [7, 11) is 0. The fourth-order valence-electron chi connectivity index (χ4n) is 8.16. The topological polar surface area (TPSA) is 179 Å². The van der Waals surface area contributed by atoms with Crippen LogP contribution in [0, 0.1) is 12.7 Å². The zero-order chi connectivity index (χ0) is 37.1. The van der Waals surface area contributed by atoms with Crippen molar-refractivity contribution in [2.45, 2.75) is 57.0 Å². The van der Waals surface area contributed by atoms with Gasteiger partial charge in [-0.1, -0.05) is 35.9 Å². The first-order valence-electron chi connectivity index (χ1n) is 18.0. The Labute approximate surface area is 314 Å². The molecule has 14 nitrogen and oxygen atoms in total. The summed E-state index contributed by atoms with van der Waals surface area (Å²) in [5.41, 5.74) is 10.4. The summed E-state index contributed by atoms with van der Waals surface area (Å²) in [5, 5.41) is 13.5. The minimum absolute atomic E-state index is 0.00431. The second-order valence-corrected chi connectivity index (χ2v) is 14.5. The molecule has 6 N–H and O–H groups in total. The van der Waals surface area contributed by atoms with Crippen LogP contribution in [0.5, 0.6) is 17.5 Å². The van der Waals surface area contributed by atoms with Gasteiger partial charge in [-0.05, 0) is 36.1 Å². The van der Waals surface area contributed by atoms with E-state index in [4.69, 9.17) is 52.1 Å². The van der Waals surface area contributed by atoms with E-state index < -0.39 is 5.82 Å². The number of hydrazine groups is 1. The van der Waals surface area contributed by atoms with Crippen LogP contribution < -0.4 is 36.0 Å². The second-order valence-electron chi connectivity index (χ2n) is 14.1. The SMILES string of the molecule is Cc1c(F)cc2[nH]ncc2c1-c1c(Cl)c2c3c(nc(OC4CCOCC4)nc3c1OCc1ccc(/C(N)=C/N(N)CC=O)cc1)N1C3CNC(C3)C1CO2. The lowest BCUT2D eigenvalue weighted by molar-refractivity contribution is -0.108. The number of hydrogen-bond donors (Lipinski definition) is 4. The number of ether oxygens (including phenoxy) is 4. The van der Waals surface area contributed by atoms with Crippen LogP contribution in [0.2, 0.25) is 5.02 Å². The molecule has 0 saturated carbocycles. The molecule has 0 aliphatic carbocycles. The molecular formula is C38H39ClFN9O5. The monoisotopic (exact) mass is 755 g/mol. The zero-order valence-electron chi connectivity index (χ0n) is 29.5. The molecule has 3 fully saturated rings. The van der Waals surface area contributed by atoms with Crippen molar-refractivity contribution < 1.29 is 28.1 Å². The van der Waals surface area contributed by atoms with Crippen molar-refractivity contribution in [1.29, 1.82) is 0 Å². The van der Waals surface area contributed by atoms with Crippen molar-refractivity contribution in [3.63, 3.8) is 0 Å². The molecule has 2 bridgehead atoms. The molecule has 0 spiro atoms. The lowest BCUT2D eigenvalue weighted by Gasteiger charge is -2.35. The molecular weight excluding hydrogens is 717 g/mol. The molecule has 6 heterocycles. The molecule has 54 heavy (non-hydrogen) atoms. The lowest BCUT2D eigenvalue weighted by Crippen LogP contribution is -2.53. The lowest BCUT2D eigenvalue weighted by atomic mass is 9.93. The number of piperazine rings is 1. The van der Waals surface area contributed by atoms with E-state index in [1.165, 1.54) is 17.3 Å². The third kappa shape index (κ3) is 5.91. The molecule has 0 radical (unpaired) electrons. The molecule has 9 rings (SSSR count). The molecule has 3 saturated heterocycles. The summed E-state index contributed by atoms with van der Waals surface area (Å²) < 4.78 is 41.3. The predicted molar refractivity (Wildman–Crippen MR) is 201 cm³/mol. The van der Waals surface area contributed by atoms with Crippen molar-refractivity contribution in [3.05, 3.63) is 70.3 Å². The Morgan fingerprint density at radius 1 is 1.20 bits per heavy atom. The third-order valence-corrected chi connectivity index (χ3v) is 11.2. The summed E-state index contributed by atoms with van der Waals surface area (Å²) in [6.07, 6.45) is 6.08. The van der Waals surface area contributed by atoms with E-state index in [0.717, 1.165) is 18.5 Å². The Kier molecular flexibility index (Phi) is 8.88. The zero-order valence-corrected chi connectivity index (χ0v) is 30.2. The van der Waals surface area contributed by atoms with Gasteiger partial charge in [0.2, 0.25) is 0 Å². The van der Waals surface area contributed by atoms with Gasteiger partial charge >= 0.3 is 6.01 Å². The van der Waals surface area contributed by atoms with Crippen LogP contribution in [0.4, 0.5) is 10.2 Å². The Bertz CT molecular complexity index is 2300. The highest BCUT2D eigenvalue weighted by Crippen LogP contribution is 2.55. The number of halogens is 2. The largest absolute Gasteiger partial charge is 0.489 e. The molecule has 280 valence electrons. The van der Waals surface area contributed by atoms with Crippen LogP contribution in [-0.2, 0) is 16.1 Å². The quantitative estimate of drug-likeness (QED) is 0.0899. The average molecular weight is 756 g/mol. The fraction of sp³-hybridized carbons (Fsp3) is 0.368. The van der Waals surface area contributed by atoms with Gasteiger partial charge in [0.15, 0.2) is 11.5 Å². The Morgan fingerprint density at radius 3 is 2.81 bits per heavy atom. The highest BCUT2D eigenvalue weighted by Gasteiger charge is 2.49. The number of nitrogens with zero attached hydrogens (tertiary/aromatic N) is 5. The number of fused-ring (bicyclic) bond motifs is 7. The van der Waals surface area contributed by atoms with Gasteiger partial charge in [0.05, 0.1) is 53.6 Å². The van der Waals surface area contributed by atoms with Crippen LogP contribution in [0.25, 0.3) is 38.6 Å². The first-order chi connectivity index (χ1) is 26.3. The highest BCUT2D eigenvalue weighted by atomic mass is 35.5. The van der Waals surface area contributed by atoms with Crippen molar-refractivity contribution in [1.82, 2.24) is 30.5 Å². The number of aromatic nitrogens is 4. The van der Waals surface area contributed by atoms with Gasteiger partial charge in [0.1, 0.15) is 42.8 Å². The molecule has 4 aliphatic rings. The summed E-state index contributed by atoms with van der Waals surface area (Å²) >= 11 is 7.49. The number of aldehydes is 1. The maximum Gasteiger partial charge on any atom is 0.319 e.